The van der Waals surface area contributed by atoms with E-state index in [4.69, 9.17) is 5.73 Å². The summed E-state index contributed by atoms with van der Waals surface area (Å²) in [7, 11) is 0. The molecule has 140 valence electrons. The van der Waals surface area contributed by atoms with Crippen LogP contribution in [0.4, 0.5) is 14.6 Å². The van der Waals surface area contributed by atoms with E-state index in [-0.39, 0.29) is 17.8 Å². The van der Waals surface area contributed by atoms with Crippen LogP contribution in [0.1, 0.15) is 22.9 Å². The Labute approximate surface area is 153 Å². The van der Waals surface area contributed by atoms with E-state index in [1.165, 1.54) is 41.6 Å². The highest BCUT2D eigenvalue weighted by atomic mass is 19.3. The fraction of sp³-hybridized carbons (Fsp3) is 0.222. The Bertz CT molecular complexity index is 913. The molecule has 3 aromatic heterocycles. The van der Waals surface area contributed by atoms with E-state index in [0.29, 0.717) is 11.4 Å². The van der Waals surface area contributed by atoms with Gasteiger partial charge in [-0.2, -0.15) is 8.78 Å². The maximum Gasteiger partial charge on any atom is 0.312 e. The van der Waals surface area contributed by atoms with Crippen LogP contribution in [0.5, 0.6) is 0 Å². The Morgan fingerprint density at radius 2 is 2.04 bits per heavy atom. The number of nitrogen functional groups attached to an aromatic ring is 1. The van der Waals surface area contributed by atoms with Gasteiger partial charge in [0.1, 0.15) is 17.4 Å². The summed E-state index contributed by atoms with van der Waals surface area (Å²) >= 11 is 0. The Morgan fingerprint density at radius 1 is 1.22 bits per heavy atom. The number of anilines is 1. The van der Waals surface area contributed by atoms with Crippen LogP contribution in [-0.2, 0) is 23.7 Å². The number of carbonyl (C=O) groups is 1. The van der Waals surface area contributed by atoms with Gasteiger partial charge in [-0.1, -0.05) is 12.1 Å². The van der Waals surface area contributed by atoms with Gasteiger partial charge >= 0.3 is 11.9 Å². The number of carboxylic acids is 1. The third kappa shape index (κ3) is 4.43. The molecule has 0 saturated carbocycles. The molecule has 0 aromatic carbocycles. The number of aliphatic carboxylic acids is 1. The Kier molecular flexibility index (Phi) is 5.11. The van der Waals surface area contributed by atoms with Gasteiger partial charge in [0.2, 0.25) is 0 Å². The number of imidazole rings is 1. The molecule has 3 rings (SSSR count). The molecule has 0 amide bonds. The Morgan fingerprint density at radius 3 is 2.67 bits per heavy atom. The normalized spacial score (nSPS) is 12.7. The molecule has 1 unspecified atom stereocenters. The molecule has 0 spiro atoms. The third-order valence-electron chi connectivity index (χ3n) is 4.02. The quantitative estimate of drug-likeness (QED) is 0.659. The van der Waals surface area contributed by atoms with Gasteiger partial charge in [0.25, 0.3) is 0 Å². The minimum absolute atomic E-state index is 0.121. The van der Waals surface area contributed by atoms with Crippen molar-refractivity contribution in [2.24, 2.45) is 0 Å². The topological polar surface area (TPSA) is 107 Å². The van der Waals surface area contributed by atoms with Gasteiger partial charge in [0.15, 0.2) is 0 Å². The second-order valence-electron chi connectivity index (χ2n) is 6.08. The maximum absolute atomic E-state index is 14.3. The number of nitrogens with two attached hydrogens (primary N) is 1. The number of hydrogen-bond acceptors (Lipinski definition) is 5. The number of pyridine rings is 2. The molecule has 0 saturated heterocycles. The average molecular weight is 373 g/mol. The predicted molar refractivity (Wildman–Crippen MR) is 93.1 cm³/mol. The highest BCUT2D eigenvalue weighted by Crippen LogP contribution is 2.29. The number of rotatable bonds is 7. The van der Waals surface area contributed by atoms with E-state index in [9.17, 15) is 18.7 Å². The summed E-state index contributed by atoms with van der Waals surface area (Å²) in [5.74, 6) is -4.97. The molecule has 3 heterocycles. The van der Waals surface area contributed by atoms with E-state index in [2.05, 4.69) is 15.0 Å². The molecule has 0 fully saturated rings. The number of nitrogens with zero attached hydrogens (tertiary/aromatic N) is 4. The lowest BCUT2D eigenvalue weighted by atomic mass is 9.98. The molecule has 0 aliphatic heterocycles. The van der Waals surface area contributed by atoms with Crippen LogP contribution in [0.15, 0.2) is 55.2 Å². The molecule has 0 aliphatic rings. The standard InChI is InChI=1S/C18H17F2N5O2/c19-18(20,15-3-1-2-6-22-15)10-25-9-14(24-11-25)13(17(26)27)7-12-4-5-16(21)23-8-12/h1-6,8-9,11,13H,7,10H2,(H2,21,23)(H,26,27). The van der Waals surface area contributed by atoms with Crippen molar-refractivity contribution in [3.63, 3.8) is 0 Å². The summed E-state index contributed by atoms with van der Waals surface area (Å²) in [5.41, 5.74) is 6.01. The van der Waals surface area contributed by atoms with E-state index in [1.54, 1.807) is 18.2 Å². The second kappa shape index (κ2) is 7.48. The number of hydrogen-bond donors (Lipinski definition) is 2. The minimum atomic E-state index is -3.21. The summed E-state index contributed by atoms with van der Waals surface area (Å²) in [6.45, 7) is -0.688. The number of halogens is 2. The second-order valence-corrected chi connectivity index (χ2v) is 6.08. The van der Waals surface area contributed by atoms with Gasteiger partial charge < -0.3 is 15.4 Å². The molecule has 1 atom stereocenters. The number of aromatic nitrogens is 4. The van der Waals surface area contributed by atoms with Crippen LogP contribution in [0.25, 0.3) is 0 Å². The van der Waals surface area contributed by atoms with E-state index in [1.807, 2.05) is 0 Å². The van der Waals surface area contributed by atoms with Gasteiger partial charge in [-0.3, -0.25) is 9.78 Å². The van der Waals surface area contributed by atoms with Crippen LogP contribution >= 0.6 is 0 Å². The molecular formula is C18H17F2N5O2. The lowest BCUT2D eigenvalue weighted by Gasteiger charge is -2.16. The lowest BCUT2D eigenvalue weighted by Crippen LogP contribution is -2.22. The Hall–Kier alpha value is -3.36. The van der Waals surface area contributed by atoms with Gasteiger partial charge in [0, 0.05) is 18.6 Å². The zero-order chi connectivity index (χ0) is 19.4. The van der Waals surface area contributed by atoms with E-state index in [0.717, 1.165) is 0 Å². The van der Waals surface area contributed by atoms with Gasteiger partial charge in [0.05, 0.1) is 18.6 Å². The smallest absolute Gasteiger partial charge is 0.312 e. The lowest BCUT2D eigenvalue weighted by molar-refractivity contribution is -0.138. The van der Waals surface area contributed by atoms with Crippen molar-refractivity contribution in [3.8, 4) is 0 Å². The highest BCUT2D eigenvalue weighted by Gasteiger charge is 2.34. The zero-order valence-electron chi connectivity index (χ0n) is 14.2. The van der Waals surface area contributed by atoms with E-state index >= 15 is 0 Å². The summed E-state index contributed by atoms with van der Waals surface area (Å²) in [5, 5.41) is 9.51. The van der Waals surface area contributed by atoms with Crippen LogP contribution in [0.3, 0.4) is 0 Å². The summed E-state index contributed by atoms with van der Waals surface area (Å²) in [6.07, 6.45) is 5.42. The summed E-state index contributed by atoms with van der Waals surface area (Å²) < 4.78 is 29.9. The van der Waals surface area contributed by atoms with E-state index < -0.39 is 24.4 Å². The van der Waals surface area contributed by atoms with Crippen LogP contribution in [0, 0.1) is 0 Å². The maximum atomic E-state index is 14.3. The number of carboxylic acid groups (broad SMARTS) is 1. The van der Waals surface area contributed by atoms with Gasteiger partial charge in [-0.15, -0.1) is 0 Å². The van der Waals surface area contributed by atoms with Gasteiger partial charge in [-0.05, 0) is 30.2 Å². The van der Waals surface area contributed by atoms with Crippen molar-refractivity contribution in [2.75, 3.05) is 5.73 Å². The van der Waals surface area contributed by atoms with Crippen molar-refractivity contribution in [3.05, 3.63) is 72.2 Å². The first-order valence-corrected chi connectivity index (χ1v) is 8.09. The van der Waals surface area contributed by atoms with Crippen molar-refractivity contribution in [1.29, 1.82) is 0 Å². The van der Waals surface area contributed by atoms with Crippen LogP contribution < -0.4 is 5.73 Å². The molecular weight excluding hydrogens is 356 g/mol. The Balaban J connectivity index is 1.78. The zero-order valence-corrected chi connectivity index (χ0v) is 14.2. The molecule has 3 N–H and O–H groups in total. The molecule has 27 heavy (non-hydrogen) atoms. The monoisotopic (exact) mass is 373 g/mol. The molecule has 0 bridgehead atoms. The molecule has 7 nitrogen and oxygen atoms in total. The number of alkyl halides is 2. The predicted octanol–water partition coefficient (Wildman–Crippen LogP) is 2.46. The fourth-order valence-electron chi connectivity index (χ4n) is 2.64. The largest absolute Gasteiger partial charge is 0.481 e. The highest BCUT2D eigenvalue weighted by molar-refractivity contribution is 5.75. The summed E-state index contributed by atoms with van der Waals surface area (Å²) in [6, 6.07) is 7.52. The first kappa shape index (κ1) is 18.4. The molecule has 9 heteroatoms. The fourth-order valence-corrected chi connectivity index (χ4v) is 2.64. The minimum Gasteiger partial charge on any atom is -0.481 e. The molecule has 0 radical (unpaired) electrons. The van der Waals surface area contributed by atoms with Crippen molar-refractivity contribution in [2.45, 2.75) is 24.8 Å². The third-order valence-corrected chi connectivity index (χ3v) is 4.02. The first-order chi connectivity index (χ1) is 12.8. The first-order valence-electron chi connectivity index (χ1n) is 8.09. The van der Waals surface area contributed by atoms with Crippen LogP contribution in [-0.4, -0.2) is 30.6 Å². The van der Waals surface area contributed by atoms with Gasteiger partial charge in [-0.25, -0.2) is 9.97 Å². The van der Waals surface area contributed by atoms with Crippen molar-refractivity contribution in [1.82, 2.24) is 19.5 Å². The SMILES string of the molecule is Nc1ccc(CC(C(=O)O)c2cn(CC(F)(F)c3ccccn3)cn2)cn1. The molecule has 0 aliphatic carbocycles. The average Bonchev–Trinajstić information content (AvgIpc) is 3.09. The summed E-state index contributed by atoms with van der Waals surface area (Å²) in [4.78, 5) is 23.3. The van der Waals surface area contributed by atoms with Crippen molar-refractivity contribution >= 4 is 11.8 Å². The molecule has 3 aromatic rings. The van der Waals surface area contributed by atoms with Crippen molar-refractivity contribution < 1.29 is 18.7 Å². The van der Waals surface area contributed by atoms with Crippen LogP contribution in [0.2, 0.25) is 0 Å².